The Morgan fingerprint density at radius 2 is 1.94 bits per heavy atom. The van der Waals surface area contributed by atoms with Crippen LogP contribution in [0.25, 0.3) is 11.1 Å². The van der Waals surface area contributed by atoms with Crippen LogP contribution in [0.1, 0.15) is 0 Å². The fourth-order valence-corrected chi connectivity index (χ4v) is 1.52. The Bertz CT molecular complexity index is 541. The van der Waals surface area contributed by atoms with Crippen LogP contribution in [0.4, 0.5) is 5.69 Å². The Hall–Kier alpha value is -2.43. The molecule has 0 saturated carbocycles. The van der Waals surface area contributed by atoms with E-state index in [4.69, 9.17) is 4.74 Å². The van der Waals surface area contributed by atoms with Gasteiger partial charge in [-0.25, -0.2) is 4.98 Å². The molecule has 5 nitrogen and oxygen atoms in total. The first-order valence-corrected chi connectivity index (χ1v) is 4.96. The van der Waals surface area contributed by atoms with Gasteiger partial charge < -0.3 is 4.74 Å². The molecule has 0 bridgehead atoms. The van der Waals surface area contributed by atoms with Crippen molar-refractivity contribution in [2.24, 2.45) is 0 Å². The van der Waals surface area contributed by atoms with Crippen LogP contribution in [0.2, 0.25) is 0 Å². The van der Waals surface area contributed by atoms with Gasteiger partial charge in [-0.15, -0.1) is 0 Å². The number of rotatable bonds is 3. The van der Waals surface area contributed by atoms with Crippen molar-refractivity contribution in [1.82, 2.24) is 4.98 Å². The number of benzene rings is 1. The molecule has 2 rings (SSSR count). The van der Waals surface area contributed by atoms with Crippen LogP contribution in [0.5, 0.6) is 5.88 Å². The molecular weight excluding hydrogens is 220 g/mol. The summed E-state index contributed by atoms with van der Waals surface area (Å²) in [5, 5.41) is 10.8. The van der Waals surface area contributed by atoms with E-state index in [1.807, 2.05) is 30.3 Å². The van der Waals surface area contributed by atoms with E-state index in [0.717, 1.165) is 5.56 Å². The first kappa shape index (κ1) is 11.1. The molecule has 0 fully saturated rings. The second-order valence-electron chi connectivity index (χ2n) is 3.38. The van der Waals surface area contributed by atoms with Crippen molar-refractivity contribution < 1.29 is 9.66 Å². The fourth-order valence-electron chi connectivity index (χ4n) is 1.52. The van der Waals surface area contributed by atoms with E-state index in [1.165, 1.54) is 13.2 Å². The van der Waals surface area contributed by atoms with Crippen LogP contribution in [0, 0.1) is 10.1 Å². The van der Waals surface area contributed by atoms with Gasteiger partial charge in [0.1, 0.15) is 0 Å². The zero-order valence-electron chi connectivity index (χ0n) is 9.16. The first-order valence-electron chi connectivity index (χ1n) is 4.96. The molecule has 1 heterocycles. The van der Waals surface area contributed by atoms with E-state index in [2.05, 4.69) is 4.98 Å². The van der Waals surface area contributed by atoms with Crippen LogP contribution in [0.15, 0.2) is 42.6 Å². The van der Waals surface area contributed by atoms with Gasteiger partial charge in [0.25, 0.3) is 5.88 Å². The van der Waals surface area contributed by atoms with Gasteiger partial charge >= 0.3 is 5.69 Å². The molecule has 0 saturated heterocycles. The number of hydrogen-bond acceptors (Lipinski definition) is 4. The minimum atomic E-state index is -0.502. The maximum atomic E-state index is 10.8. The molecule has 2 aromatic rings. The van der Waals surface area contributed by atoms with Crippen LogP contribution in [-0.4, -0.2) is 17.0 Å². The molecule has 17 heavy (non-hydrogen) atoms. The monoisotopic (exact) mass is 230 g/mol. The summed E-state index contributed by atoms with van der Waals surface area (Å²) in [7, 11) is 1.36. The number of methoxy groups -OCH3 is 1. The average Bonchev–Trinajstić information content (AvgIpc) is 2.39. The molecule has 0 amide bonds. The highest BCUT2D eigenvalue weighted by atomic mass is 16.6. The average molecular weight is 230 g/mol. The van der Waals surface area contributed by atoms with Gasteiger partial charge in [0, 0.05) is 17.8 Å². The highest BCUT2D eigenvalue weighted by Crippen LogP contribution is 2.29. The fraction of sp³-hybridized carbons (Fsp3) is 0.0833. The van der Waals surface area contributed by atoms with Gasteiger partial charge in [-0.05, 0) is 5.56 Å². The molecule has 1 aromatic carbocycles. The highest BCUT2D eigenvalue weighted by molar-refractivity contribution is 5.66. The lowest BCUT2D eigenvalue weighted by Crippen LogP contribution is -1.96. The summed E-state index contributed by atoms with van der Waals surface area (Å²) >= 11 is 0. The normalized spacial score (nSPS) is 9.94. The lowest BCUT2D eigenvalue weighted by Gasteiger charge is -2.03. The SMILES string of the molecule is COc1ncc(-c2ccccc2)cc1[N+](=O)[O-]. The van der Waals surface area contributed by atoms with E-state index in [1.54, 1.807) is 6.20 Å². The number of hydrogen-bond donors (Lipinski definition) is 0. The predicted octanol–water partition coefficient (Wildman–Crippen LogP) is 2.67. The largest absolute Gasteiger partial charge is 0.476 e. The summed E-state index contributed by atoms with van der Waals surface area (Å²) in [6.07, 6.45) is 1.56. The molecule has 86 valence electrons. The Labute approximate surface area is 97.8 Å². The second-order valence-corrected chi connectivity index (χ2v) is 3.38. The first-order chi connectivity index (χ1) is 8.22. The van der Waals surface area contributed by atoms with Crippen molar-refractivity contribution >= 4 is 5.69 Å². The summed E-state index contributed by atoms with van der Waals surface area (Å²) in [5.74, 6) is 0.0229. The van der Waals surface area contributed by atoms with Crippen molar-refractivity contribution in [2.75, 3.05) is 7.11 Å². The number of nitro groups is 1. The van der Waals surface area contributed by atoms with Gasteiger partial charge in [-0.1, -0.05) is 30.3 Å². The van der Waals surface area contributed by atoms with Crippen LogP contribution >= 0.6 is 0 Å². The predicted molar refractivity (Wildman–Crippen MR) is 62.9 cm³/mol. The van der Waals surface area contributed by atoms with Crippen molar-refractivity contribution in [2.45, 2.75) is 0 Å². The Morgan fingerprint density at radius 1 is 1.24 bits per heavy atom. The van der Waals surface area contributed by atoms with Crippen molar-refractivity contribution in [3.63, 3.8) is 0 Å². The van der Waals surface area contributed by atoms with Gasteiger partial charge in [0.15, 0.2) is 0 Å². The summed E-state index contributed by atoms with van der Waals surface area (Å²) in [5.41, 5.74) is 1.44. The van der Waals surface area contributed by atoms with Crippen LogP contribution in [0.3, 0.4) is 0 Å². The van der Waals surface area contributed by atoms with Gasteiger partial charge in [0.2, 0.25) is 0 Å². The number of nitrogens with zero attached hydrogens (tertiary/aromatic N) is 2. The van der Waals surface area contributed by atoms with Gasteiger partial charge in [0.05, 0.1) is 12.0 Å². The molecule has 0 atom stereocenters. The molecule has 0 aliphatic carbocycles. The molecule has 1 aromatic heterocycles. The Morgan fingerprint density at radius 3 is 2.53 bits per heavy atom. The maximum Gasteiger partial charge on any atom is 0.331 e. The zero-order chi connectivity index (χ0) is 12.3. The van der Waals surface area contributed by atoms with Crippen LogP contribution < -0.4 is 4.74 Å². The molecule has 0 spiro atoms. The van der Waals surface area contributed by atoms with E-state index < -0.39 is 4.92 Å². The minimum Gasteiger partial charge on any atom is -0.476 e. The van der Waals surface area contributed by atoms with Crippen molar-refractivity contribution in [1.29, 1.82) is 0 Å². The van der Waals surface area contributed by atoms with E-state index in [-0.39, 0.29) is 11.6 Å². The van der Waals surface area contributed by atoms with Gasteiger partial charge in [-0.3, -0.25) is 10.1 Å². The molecule has 0 unspecified atom stereocenters. The Kier molecular flexibility index (Phi) is 3.00. The lowest BCUT2D eigenvalue weighted by molar-refractivity contribution is -0.386. The smallest absolute Gasteiger partial charge is 0.331 e. The molecule has 0 aliphatic rings. The summed E-state index contributed by atoms with van der Waals surface area (Å²) in [4.78, 5) is 14.3. The summed E-state index contributed by atoms with van der Waals surface area (Å²) in [6, 6.07) is 10.8. The lowest BCUT2D eigenvalue weighted by atomic mass is 10.1. The summed E-state index contributed by atoms with van der Waals surface area (Å²) in [6.45, 7) is 0. The molecule has 0 radical (unpaired) electrons. The van der Waals surface area contributed by atoms with Crippen LogP contribution in [-0.2, 0) is 0 Å². The standard InChI is InChI=1S/C12H10N2O3/c1-17-12-11(14(15)16)7-10(8-13-12)9-5-3-2-4-6-9/h2-8H,1H3. The quantitative estimate of drug-likeness (QED) is 0.600. The third kappa shape index (κ3) is 2.23. The number of ether oxygens (including phenoxy) is 1. The Balaban J connectivity index is 2.51. The second kappa shape index (κ2) is 4.61. The van der Waals surface area contributed by atoms with E-state index in [0.29, 0.717) is 5.56 Å². The number of aromatic nitrogens is 1. The highest BCUT2D eigenvalue weighted by Gasteiger charge is 2.17. The number of pyridine rings is 1. The molecule has 5 heteroatoms. The molecule has 0 N–H and O–H groups in total. The third-order valence-corrected chi connectivity index (χ3v) is 2.33. The minimum absolute atomic E-state index is 0.0229. The van der Waals surface area contributed by atoms with E-state index >= 15 is 0 Å². The van der Waals surface area contributed by atoms with Crippen molar-refractivity contribution in [3.8, 4) is 17.0 Å². The molecular formula is C12H10N2O3. The third-order valence-electron chi connectivity index (χ3n) is 2.33. The molecule has 0 aliphatic heterocycles. The zero-order valence-corrected chi connectivity index (χ0v) is 9.16. The van der Waals surface area contributed by atoms with Crippen molar-refractivity contribution in [3.05, 3.63) is 52.7 Å². The van der Waals surface area contributed by atoms with Gasteiger partial charge in [-0.2, -0.15) is 0 Å². The summed E-state index contributed by atoms with van der Waals surface area (Å²) < 4.78 is 4.84. The van der Waals surface area contributed by atoms with E-state index in [9.17, 15) is 10.1 Å². The topological polar surface area (TPSA) is 65.3 Å². The maximum absolute atomic E-state index is 10.8.